The number of nitrogens with one attached hydrogen (secondary N) is 1. The largest absolute Gasteiger partial charge is 0.481 e. The number of anilines is 1. The average molecular weight is 988 g/mol. The maximum atomic E-state index is 14.0. The lowest BCUT2D eigenvalue weighted by Gasteiger charge is -2.47. The van der Waals surface area contributed by atoms with Crippen LogP contribution in [0.3, 0.4) is 0 Å². The quantitative estimate of drug-likeness (QED) is 0.0349. The maximum absolute atomic E-state index is 14.0. The molecule has 1 aromatic carbocycles. The number of aryl methyl sites for hydroxylation is 1. The molecular formula is C51H77N11O9. The molecule has 0 bridgehead atoms. The van der Waals surface area contributed by atoms with E-state index in [1.54, 1.807) is 31.1 Å². The van der Waals surface area contributed by atoms with E-state index < -0.39 is 65.4 Å². The number of rotatable bonds is 26. The topological polar surface area (TPSA) is 247 Å². The van der Waals surface area contributed by atoms with Crippen molar-refractivity contribution in [3.63, 3.8) is 0 Å². The van der Waals surface area contributed by atoms with Crippen LogP contribution >= 0.6 is 0 Å². The number of hydrogen-bond donors (Lipinski definition) is 4. The smallest absolute Gasteiger partial charge is 0.410 e. The first-order chi connectivity index (χ1) is 33.7. The number of cyclic esters (lactones) is 1. The highest BCUT2D eigenvalue weighted by atomic mass is 16.7. The van der Waals surface area contributed by atoms with E-state index in [1.165, 1.54) is 6.92 Å². The van der Waals surface area contributed by atoms with Crippen LogP contribution in [-0.4, -0.2) is 161 Å². The summed E-state index contributed by atoms with van der Waals surface area (Å²) in [4.78, 5) is 48.1. The fourth-order valence-electron chi connectivity index (χ4n) is 10.4. The Balaban J connectivity index is 1.16. The lowest BCUT2D eigenvalue weighted by atomic mass is 9.78. The van der Waals surface area contributed by atoms with Crippen molar-refractivity contribution in [2.75, 3.05) is 40.0 Å². The van der Waals surface area contributed by atoms with E-state index in [9.17, 15) is 24.6 Å². The average Bonchev–Trinajstić information content (AvgIpc) is 4.09. The zero-order chi connectivity index (χ0) is 51.8. The molecular weight excluding hydrogens is 911 g/mol. The third kappa shape index (κ3) is 13.0. The predicted molar refractivity (Wildman–Crippen MR) is 266 cm³/mol. The number of aliphatic carboxylic acids is 1. The Morgan fingerprint density at radius 2 is 1.72 bits per heavy atom. The molecule has 0 spiro atoms. The number of amides is 1. The van der Waals surface area contributed by atoms with Crippen LogP contribution in [0.4, 0.5) is 10.5 Å². The Morgan fingerprint density at radius 3 is 2.38 bits per heavy atom. The summed E-state index contributed by atoms with van der Waals surface area (Å²) < 4.78 is 29.4. The molecule has 4 aromatic rings. The van der Waals surface area contributed by atoms with Gasteiger partial charge in [0, 0.05) is 55.6 Å². The van der Waals surface area contributed by atoms with Gasteiger partial charge in [0.05, 0.1) is 48.5 Å². The van der Waals surface area contributed by atoms with Crippen molar-refractivity contribution >= 4 is 23.5 Å². The molecule has 2 saturated heterocycles. The number of carboxylic acids is 1. The fraction of sp³-hybridized carbons (Fsp3) is 0.647. The van der Waals surface area contributed by atoms with E-state index in [1.807, 2.05) is 91.1 Å². The highest BCUT2D eigenvalue weighted by molar-refractivity contribution is 5.99. The zero-order valence-electron chi connectivity index (χ0n) is 43.3. The number of pyridine rings is 1. The summed E-state index contributed by atoms with van der Waals surface area (Å²) in [5.41, 5.74) is 7.59. The summed E-state index contributed by atoms with van der Waals surface area (Å²) in [5.74, 6) is -4.15. The van der Waals surface area contributed by atoms with E-state index in [0.29, 0.717) is 56.0 Å². The Kier molecular flexibility index (Phi) is 18.5. The second-order valence-electron chi connectivity index (χ2n) is 20.5. The number of ketones is 1. The number of ether oxygens (including phenoxy) is 4. The SMILES string of the molecule is CC[C@@H](C)[C@@]1(C)OC(=O)N(CCCCn2cc(-c3cccc(N)c3)nn2)[C@@H]1[C@@H](C)NC[C@H](C)C[C@@](C)(OC)[C@H](O[C@@H]1OC(Cn2cc(-c3ccccn3)nn2)CC(N(C)C)C1O)[C@@H](C)C(=O)[C@@H](C)C(=O)O. The number of hydrogen-bond acceptors (Lipinski definition) is 16. The number of carboxylic acid groups (broad SMARTS) is 1. The van der Waals surface area contributed by atoms with Crippen molar-refractivity contribution in [3.05, 3.63) is 61.1 Å². The van der Waals surface area contributed by atoms with Gasteiger partial charge in [-0.25, -0.2) is 9.48 Å². The van der Waals surface area contributed by atoms with Crippen LogP contribution < -0.4 is 11.1 Å². The van der Waals surface area contributed by atoms with Crippen LogP contribution in [0.1, 0.15) is 87.5 Å². The fourth-order valence-corrected chi connectivity index (χ4v) is 10.4. The van der Waals surface area contributed by atoms with Gasteiger partial charge in [-0.3, -0.25) is 24.2 Å². The first kappa shape index (κ1) is 54.9. The van der Waals surface area contributed by atoms with Crippen molar-refractivity contribution in [1.82, 2.24) is 50.1 Å². The first-order valence-corrected chi connectivity index (χ1v) is 25.0. The molecule has 2 fully saturated rings. The molecule has 5 N–H and O–H groups in total. The van der Waals surface area contributed by atoms with Crippen LogP contribution in [0.25, 0.3) is 22.6 Å². The molecule has 0 radical (unpaired) electrons. The van der Waals surface area contributed by atoms with Gasteiger partial charge in [-0.2, -0.15) is 0 Å². The summed E-state index contributed by atoms with van der Waals surface area (Å²) in [6.45, 7) is 17.1. The summed E-state index contributed by atoms with van der Waals surface area (Å²) in [6, 6.07) is 12.2. The van der Waals surface area contributed by atoms with Gasteiger partial charge in [0.15, 0.2) is 12.1 Å². The number of benzene rings is 1. The lowest BCUT2D eigenvalue weighted by molar-refractivity contribution is -0.299. The van der Waals surface area contributed by atoms with Crippen LogP contribution in [0.2, 0.25) is 0 Å². The molecule has 2 aliphatic rings. The minimum Gasteiger partial charge on any atom is -0.481 e. The van der Waals surface area contributed by atoms with E-state index in [0.717, 1.165) is 24.1 Å². The molecule has 71 heavy (non-hydrogen) atoms. The van der Waals surface area contributed by atoms with Crippen LogP contribution in [0.5, 0.6) is 0 Å². The molecule has 13 atom stereocenters. The molecule has 5 heterocycles. The Hall–Kier alpha value is -5.38. The first-order valence-electron chi connectivity index (χ1n) is 25.0. The highest BCUT2D eigenvalue weighted by Crippen LogP contribution is 2.40. The lowest BCUT2D eigenvalue weighted by Crippen LogP contribution is -2.60. The second-order valence-corrected chi connectivity index (χ2v) is 20.5. The van der Waals surface area contributed by atoms with Crippen molar-refractivity contribution in [1.29, 1.82) is 0 Å². The Bertz CT molecular complexity index is 2370. The summed E-state index contributed by atoms with van der Waals surface area (Å²) in [7, 11) is 5.28. The predicted octanol–water partition coefficient (Wildman–Crippen LogP) is 5.41. The van der Waals surface area contributed by atoms with Crippen molar-refractivity contribution < 1.29 is 43.5 Å². The molecule has 20 heteroatoms. The number of carbonyl (C=O) groups is 3. The number of likely N-dealkylation sites (N-methyl/N-ethyl adjacent to an activating group) is 1. The van der Waals surface area contributed by atoms with Gasteiger partial charge in [0.25, 0.3) is 0 Å². The van der Waals surface area contributed by atoms with E-state index in [4.69, 9.17) is 24.7 Å². The van der Waals surface area contributed by atoms with Crippen molar-refractivity contribution in [2.45, 2.75) is 155 Å². The van der Waals surface area contributed by atoms with E-state index in [2.05, 4.69) is 58.6 Å². The summed E-state index contributed by atoms with van der Waals surface area (Å²) in [6.07, 6.45) is 4.19. The van der Waals surface area contributed by atoms with E-state index >= 15 is 0 Å². The number of nitrogens with two attached hydrogens (primary N) is 1. The van der Waals surface area contributed by atoms with Crippen molar-refractivity contribution in [3.8, 4) is 22.6 Å². The third-order valence-electron chi connectivity index (χ3n) is 14.9. The zero-order valence-corrected chi connectivity index (χ0v) is 43.3. The third-order valence-corrected chi connectivity index (χ3v) is 14.9. The highest BCUT2D eigenvalue weighted by Gasteiger charge is 2.55. The van der Waals surface area contributed by atoms with Gasteiger partial charge >= 0.3 is 12.1 Å². The molecule has 3 unspecified atom stereocenters. The van der Waals surface area contributed by atoms with Gasteiger partial charge in [-0.15, -0.1) is 10.2 Å². The van der Waals surface area contributed by atoms with Crippen LogP contribution in [-0.2, 0) is 41.6 Å². The summed E-state index contributed by atoms with van der Waals surface area (Å²) in [5, 5.41) is 42.8. The van der Waals surface area contributed by atoms with Crippen LogP contribution in [0, 0.1) is 23.7 Å². The molecule has 0 aliphatic carbocycles. The molecule has 390 valence electrons. The minimum absolute atomic E-state index is 0.0648. The normalized spacial score (nSPS) is 25.0. The number of nitrogens with zero attached hydrogens (tertiary/aromatic N) is 9. The number of unbranched alkanes of at least 4 members (excludes halogenated alkanes) is 1. The van der Waals surface area contributed by atoms with Gasteiger partial charge < -0.3 is 45.1 Å². The summed E-state index contributed by atoms with van der Waals surface area (Å²) >= 11 is 0. The molecule has 6 rings (SSSR count). The standard InChI is InChI=1S/C51H77N11O9/c1-12-32(3)51(8)45(62(49(67)71-51)23-16-15-22-60-29-40(55-57-60)36-18-17-19-37(52)24-36)35(6)54-27-31(2)26-50(7,68-11)46(33(4)43(63)34(5)47(65)66)70-48-44(64)42(59(9)10)25-38(69-48)28-61-30-41(56-58-61)39-20-13-14-21-53-39/h13-14,17-21,24,29-35,38,42,44-46,48,54,64H,12,15-16,22-23,25-28,52H2,1-11H3,(H,65,66)/t31-,32-,33+,34-,35-,38?,42?,44?,45-,46-,48+,50-,51-/m1/s1. The number of nitrogen functional groups attached to an aromatic ring is 1. The maximum Gasteiger partial charge on any atom is 0.410 e. The minimum atomic E-state index is -1.33. The molecule has 0 saturated carbocycles. The number of aliphatic hydroxyl groups excluding tert-OH is 1. The molecule has 2 aliphatic heterocycles. The number of aromatic nitrogens is 7. The number of Topliss-reactive ketones (excluding diaryl/α,β-unsaturated/α-hetero) is 1. The Morgan fingerprint density at radius 1 is 1.01 bits per heavy atom. The van der Waals surface area contributed by atoms with Gasteiger partial charge in [0.1, 0.15) is 29.0 Å². The van der Waals surface area contributed by atoms with Crippen LogP contribution in [0.15, 0.2) is 61.1 Å². The molecule has 1 amide bonds. The number of carbonyl (C=O) groups excluding carboxylic acids is 2. The number of methoxy groups -OCH3 is 1. The second kappa shape index (κ2) is 23.9. The monoisotopic (exact) mass is 988 g/mol. The van der Waals surface area contributed by atoms with Gasteiger partial charge in [-0.05, 0) is 117 Å². The molecule has 20 nitrogen and oxygen atoms in total. The Labute approximate surface area is 417 Å². The van der Waals surface area contributed by atoms with Crippen molar-refractivity contribution in [2.24, 2.45) is 23.7 Å². The van der Waals surface area contributed by atoms with Gasteiger partial charge in [-0.1, -0.05) is 56.3 Å². The van der Waals surface area contributed by atoms with Gasteiger partial charge in [0.2, 0.25) is 0 Å². The molecule has 3 aromatic heterocycles. The number of aliphatic hydroxyl groups is 1. The van der Waals surface area contributed by atoms with E-state index in [-0.39, 0.29) is 36.6 Å².